The van der Waals surface area contributed by atoms with Crippen LogP contribution in [0.25, 0.3) is 0 Å². The van der Waals surface area contributed by atoms with Gasteiger partial charge in [0, 0.05) is 29.5 Å². The Morgan fingerprint density at radius 2 is 2.00 bits per heavy atom. The van der Waals surface area contributed by atoms with E-state index in [1.807, 2.05) is 60.7 Å². The van der Waals surface area contributed by atoms with Crippen LogP contribution in [0.1, 0.15) is 46.0 Å². The molecular weight excluding hydrogens is 348 g/mol. The molecule has 0 saturated heterocycles. The summed E-state index contributed by atoms with van der Waals surface area (Å²) in [5, 5.41) is 3.78. The monoisotopic (exact) mass is 376 g/mol. The molecule has 5 nitrogen and oxygen atoms in total. The lowest BCUT2D eigenvalue weighted by Crippen LogP contribution is -2.49. The van der Waals surface area contributed by atoms with Gasteiger partial charge in [-0.25, -0.2) is 9.78 Å². The lowest BCUT2D eigenvalue weighted by Gasteiger charge is -2.29. The van der Waals surface area contributed by atoms with Crippen LogP contribution in [0.2, 0.25) is 5.02 Å². The van der Waals surface area contributed by atoms with Crippen LogP contribution in [-0.4, -0.2) is 32.6 Å². The molecule has 2 rings (SSSR count). The minimum atomic E-state index is -0.278. The van der Waals surface area contributed by atoms with Gasteiger partial charge in [-0.15, -0.1) is 0 Å². The molecule has 0 atom stereocenters. The zero-order valence-electron chi connectivity index (χ0n) is 16.3. The van der Waals surface area contributed by atoms with Gasteiger partial charge in [-0.3, -0.25) is 0 Å². The summed E-state index contributed by atoms with van der Waals surface area (Å²) in [7, 11) is 0. The third-order valence-electron chi connectivity index (χ3n) is 3.79. The number of aromatic nitrogens is 2. The van der Waals surface area contributed by atoms with Crippen molar-refractivity contribution in [2.24, 2.45) is 5.92 Å². The van der Waals surface area contributed by atoms with Crippen molar-refractivity contribution < 1.29 is 4.79 Å². The SMILES string of the molecule is CC(C)CN(Cc1nccn1Cc1ccccc1Cl)C(=O)NC(C)(C)C. The number of urea groups is 1. The fourth-order valence-corrected chi connectivity index (χ4v) is 2.87. The van der Waals surface area contributed by atoms with Gasteiger partial charge in [0.2, 0.25) is 0 Å². The summed E-state index contributed by atoms with van der Waals surface area (Å²) in [6, 6.07) is 7.71. The van der Waals surface area contributed by atoms with E-state index < -0.39 is 0 Å². The number of carbonyl (C=O) groups is 1. The Kier molecular flexibility index (Phi) is 6.70. The largest absolute Gasteiger partial charge is 0.333 e. The Balaban J connectivity index is 2.17. The van der Waals surface area contributed by atoms with E-state index in [4.69, 9.17) is 11.6 Å². The van der Waals surface area contributed by atoms with Crippen molar-refractivity contribution >= 4 is 17.6 Å². The molecule has 0 radical (unpaired) electrons. The van der Waals surface area contributed by atoms with Crippen LogP contribution in [0.3, 0.4) is 0 Å². The maximum Gasteiger partial charge on any atom is 0.318 e. The Labute approximate surface area is 161 Å². The molecule has 0 bridgehead atoms. The predicted molar refractivity (Wildman–Crippen MR) is 106 cm³/mol. The molecule has 142 valence electrons. The molecule has 0 aliphatic rings. The minimum absolute atomic E-state index is 0.0708. The molecule has 2 amide bonds. The lowest BCUT2D eigenvalue weighted by atomic mass is 10.1. The Morgan fingerprint density at radius 1 is 1.31 bits per heavy atom. The van der Waals surface area contributed by atoms with Crippen molar-refractivity contribution in [3.63, 3.8) is 0 Å². The van der Waals surface area contributed by atoms with E-state index in [1.165, 1.54) is 0 Å². The van der Waals surface area contributed by atoms with Gasteiger partial charge in [0.15, 0.2) is 0 Å². The molecule has 0 spiro atoms. The predicted octanol–water partition coefficient (Wildman–Crippen LogP) is 4.55. The Bertz CT molecular complexity index is 733. The van der Waals surface area contributed by atoms with E-state index in [9.17, 15) is 4.79 Å². The van der Waals surface area contributed by atoms with Gasteiger partial charge in [0.1, 0.15) is 5.82 Å². The number of halogens is 1. The summed E-state index contributed by atoms with van der Waals surface area (Å²) < 4.78 is 2.04. The fourth-order valence-electron chi connectivity index (χ4n) is 2.68. The molecule has 26 heavy (non-hydrogen) atoms. The molecule has 0 fully saturated rings. The number of rotatable bonds is 6. The van der Waals surface area contributed by atoms with E-state index >= 15 is 0 Å². The minimum Gasteiger partial charge on any atom is -0.333 e. The van der Waals surface area contributed by atoms with Gasteiger partial charge >= 0.3 is 6.03 Å². The van der Waals surface area contributed by atoms with Gasteiger partial charge in [-0.2, -0.15) is 0 Å². The first kappa shape index (κ1) is 20.3. The molecule has 0 aliphatic carbocycles. The Hall–Kier alpha value is -2.01. The average Bonchev–Trinajstić information content (AvgIpc) is 2.94. The van der Waals surface area contributed by atoms with Crippen LogP contribution >= 0.6 is 11.6 Å². The van der Waals surface area contributed by atoms with Crippen LogP contribution in [0.5, 0.6) is 0 Å². The van der Waals surface area contributed by atoms with Crippen molar-refractivity contribution in [2.45, 2.75) is 53.2 Å². The van der Waals surface area contributed by atoms with Crippen LogP contribution in [0.4, 0.5) is 4.79 Å². The van der Waals surface area contributed by atoms with Gasteiger partial charge < -0.3 is 14.8 Å². The summed E-state index contributed by atoms with van der Waals surface area (Å²) in [5.74, 6) is 1.21. The highest BCUT2D eigenvalue weighted by atomic mass is 35.5. The van der Waals surface area contributed by atoms with Gasteiger partial charge in [-0.05, 0) is 38.3 Å². The second-order valence-electron chi connectivity index (χ2n) is 8.02. The fraction of sp³-hybridized carbons (Fsp3) is 0.500. The van der Waals surface area contributed by atoms with Gasteiger partial charge in [0.25, 0.3) is 0 Å². The number of nitrogens with zero attached hydrogens (tertiary/aromatic N) is 3. The highest BCUT2D eigenvalue weighted by Gasteiger charge is 2.22. The van der Waals surface area contributed by atoms with Crippen LogP contribution in [0.15, 0.2) is 36.7 Å². The second kappa shape index (κ2) is 8.58. The van der Waals surface area contributed by atoms with Crippen molar-refractivity contribution in [1.29, 1.82) is 0 Å². The molecule has 1 aromatic heterocycles. The highest BCUT2D eigenvalue weighted by molar-refractivity contribution is 6.31. The quantitative estimate of drug-likeness (QED) is 0.803. The molecule has 2 aromatic rings. The number of amides is 2. The van der Waals surface area contributed by atoms with E-state index in [2.05, 4.69) is 24.1 Å². The topological polar surface area (TPSA) is 50.2 Å². The zero-order valence-corrected chi connectivity index (χ0v) is 17.0. The first-order chi connectivity index (χ1) is 12.2. The molecular formula is C20H29ClN4O. The van der Waals surface area contributed by atoms with Gasteiger partial charge in [-0.1, -0.05) is 43.6 Å². The highest BCUT2D eigenvalue weighted by Crippen LogP contribution is 2.17. The summed E-state index contributed by atoms with van der Waals surface area (Å²) >= 11 is 6.28. The molecule has 6 heteroatoms. The molecule has 1 N–H and O–H groups in total. The number of carbonyl (C=O) groups excluding carboxylic acids is 1. The molecule has 0 unspecified atom stereocenters. The van der Waals surface area contributed by atoms with E-state index in [1.54, 1.807) is 6.20 Å². The van der Waals surface area contributed by atoms with Gasteiger partial charge in [0.05, 0.1) is 13.1 Å². The molecule has 0 aliphatic heterocycles. The Morgan fingerprint density at radius 3 is 2.62 bits per heavy atom. The smallest absolute Gasteiger partial charge is 0.318 e. The third kappa shape index (κ3) is 6.06. The van der Waals surface area contributed by atoms with Crippen molar-refractivity contribution in [2.75, 3.05) is 6.54 Å². The number of hydrogen-bond donors (Lipinski definition) is 1. The van der Waals surface area contributed by atoms with Crippen molar-refractivity contribution in [1.82, 2.24) is 19.8 Å². The summed E-state index contributed by atoms with van der Waals surface area (Å²) in [6.45, 7) is 11.9. The first-order valence-electron chi connectivity index (χ1n) is 8.96. The number of benzene rings is 1. The number of nitrogens with one attached hydrogen (secondary N) is 1. The zero-order chi connectivity index (χ0) is 19.3. The summed E-state index contributed by atoms with van der Waals surface area (Å²) in [5.41, 5.74) is 0.752. The second-order valence-corrected chi connectivity index (χ2v) is 8.42. The van der Waals surface area contributed by atoms with Crippen LogP contribution in [0, 0.1) is 5.92 Å². The number of hydrogen-bond acceptors (Lipinski definition) is 2. The molecule has 1 heterocycles. The maximum atomic E-state index is 12.7. The average molecular weight is 377 g/mol. The van der Waals surface area contributed by atoms with Crippen LogP contribution < -0.4 is 5.32 Å². The van der Waals surface area contributed by atoms with E-state index in [0.29, 0.717) is 25.6 Å². The van der Waals surface area contributed by atoms with Crippen molar-refractivity contribution in [3.05, 3.63) is 53.1 Å². The lowest BCUT2D eigenvalue weighted by molar-refractivity contribution is 0.177. The molecule has 1 aromatic carbocycles. The summed E-state index contributed by atoms with van der Waals surface area (Å²) in [6.07, 6.45) is 3.69. The van der Waals surface area contributed by atoms with E-state index in [0.717, 1.165) is 16.4 Å². The number of imidazole rings is 1. The standard InChI is InChI=1S/C20H29ClN4O/c1-15(2)12-25(19(26)23-20(3,4)5)14-18-22-10-11-24(18)13-16-8-6-7-9-17(16)21/h6-11,15H,12-14H2,1-5H3,(H,23,26). The third-order valence-corrected chi connectivity index (χ3v) is 4.16. The first-order valence-corrected chi connectivity index (χ1v) is 9.34. The maximum absolute atomic E-state index is 12.7. The normalized spacial score (nSPS) is 11.7. The van der Waals surface area contributed by atoms with Crippen LogP contribution in [-0.2, 0) is 13.1 Å². The summed E-state index contributed by atoms with van der Waals surface area (Å²) in [4.78, 5) is 19.0. The molecule has 0 saturated carbocycles. The van der Waals surface area contributed by atoms with Crippen molar-refractivity contribution in [3.8, 4) is 0 Å². The van der Waals surface area contributed by atoms with E-state index in [-0.39, 0.29) is 11.6 Å².